The van der Waals surface area contributed by atoms with Gasteiger partial charge in [0.15, 0.2) is 0 Å². The van der Waals surface area contributed by atoms with Crippen molar-refractivity contribution in [3.05, 3.63) is 101 Å². The lowest BCUT2D eigenvalue weighted by Crippen LogP contribution is -2.30. The Morgan fingerprint density at radius 2 is 1.65 bits per heavy atom. The molecule has 0 saturated carbocycles. The van der Waals surface area contributed by atoms with E-state index in [1.807, 2.05) is 79.4 Å². The van der Waals surface area contributed by atoms with Gasteiger partial charge in [-0.15, -0.1) is 11.8 Å². The summed E-state index contributed by atoms with van der Waals surface area (Å²) < 4.78 is 0. The van der Waals surface area contributed by atoms with Crippen molar-refractivity contribution >= 4 is 29.3 Å². The molecule has 1 aliphatic heterocycles. The fraction of sp³-hybridized carbons (Fsp3) is 0.231. The van der Waals surface area contributed by atoms with Gasteiger partial charge < -0.3 is 10.2 Å². The Kier molecular flexibility index (Phi) is 6.42. The minimum Gasteiger partial charge on any atom is -0.326 e. The standard InChI is InChI=1S/C26H26N2O2S/c1-18-7-6-8-19(2)24(18)27-25(30)21-11-13-22(14-12-21)26-28(23(29)17-31-26)16-15-20-9-4-3-5-10-20/h3-14,26H,15-17H2,1-2H3,(H,27,30). The predicted octanol–water partition coefficient (Wildman–Crippen LogP) is 5.37. The summed E-state index contributed by atoms with van der Waals surface area (Å²) in [5.41, 5.74) is 5.83. The summed E-state index contributed by atoms with van der Waals surface area (Å²) in [7, 11) is 0. The number of benzene rings is 3. The van der Waals surface area contributed by atoms with Crippen molar-refractivity contribution in [2.75, 3.05) is 17.6 Å². The number of para-hydroxylation sites is 1. The summed E-state index contributed by atoms with van der Waals surface area (Å²) in [6, 6.07) is 23.8. The zero-order chi connectivity index (χ0) is 21.8. The van der Waals surface area contributed by atoms with Crippen LogP contribution in [0.4, 0.5) is 5.69 Å². The van der Waals surface area contributed by atoms with Crippen molar-refractivity contribution < 1.29 is 9.59 Å². The van der Waals surface area contributed by atoms with Crippen molar-refractivity contribution in [2.24, 2.45) is 0 Å². The van der Waals surface area contributed by atoms with Gasteiger partial charge in [-0.3, -0.25) is 9.59 Å². The molecule has 158 valence electrons. The van der Waals surface area contributed by atoms with Crippen molar-refractivity contribution in [1.82, 2.24) is 4.90 Å². The average molecular weight is 431 g/mol. The van der Waals surface area contributed by atoms with Gasteiger partial charge in [-0.25, -0.2) is 0 Å². The van der Waals surface area contributed by atoms with Gasteiger partial charge in [-0.1, -0.05) is 60.7 Å². The van der Waals surface area contributed by atoms with Crippen molar-refractivity contribution in [3.8, 4) is 0 Å². The van der Waals surface area contributed by atoms with E-state index in [4.69, 9.17) is 0 Å². The topological polar surface area (TPSA) is 49.4 Å². The molecule has 1 atom stereocenters. The van der Waals surface area contributed by atoms with Gasteiger partial charge in [0.2, 0.25) is 5.91 Å². The molecule has 1 fully saturated rings. The van der Waals surface area contributed by atoms with Crippen LogP contribution in [0.1, 0.15) is 38.0 Å². The molecule has 3 aromatic carbocycles. The van der Waals surface area contributed by atoms with Gasteiger partial charge in [0.25, 0.3) is 5.91 Å². The van der Waals surface area contributed by atoms with Crippen LogP contribution in [0, 0.1) is 13.8 Å². The van der Waals surface area contributed by atoms with E-state index in [-0.39, 0.29) is 17.2 Å². The summed E-state index contributed by atoms with van der Waals surface area (Å²) in [4.78, 5) is 27.2. The predicted molar refractivity (Wildman–Crippen MR) is 127 cm³/mol. The first-order valence-electron chi connectivity index (χ1n) is 10.5. The van der Waals surface area contributed by atoms with Crippen LogP contribution in [0.5, 0.6) is 0 Å². The lowest BCUT2D eigenvalue weighted by Gasteiger charge is -2.24. The first-order valence-corrected chi connectivity index (χ1v) is 11.5. The number of hydrogen-bond acceptors (Lipinski definition) is 3. The van der Waals surface area contributed by atoms with E-state index < -0.39 is 0 Å². The highest BCUT2D eigenvalue weighted by Crippen LogP contribution is 2.38. The molecule has 1 unspecified atom stereocenters. The zero-order valence-electron chi connectivity index (χ0n) is 17.8. The highest BCUT2D eigenvalue weighted by atomic mass is 32.2. The summed E-state index contributed by atoms with van der Waals surface area (Å²) >= 11 is 1.64. The third kappa shape index (κ3) is 4.83. The van der Waals surface area contributed by atoms with Crippen LogP contribution in [0.2, 0.25) is 0 Å². The lowest BCUT2D eigenvalue weighted by atomic mass is 10.1. The molecule has 4 nitrogen and oxygen atoms in total. The number of hydrogen-bond donors (Lipinski definition) is 1. The lowest BCUT2D eigenvalue weighted by molar-refractivity contribution is -0.128. The van der Waals surface area contributed by atoms with Crippen LogP contribution < -0.4 is 5.32 Å². The number of thioether (sulfide) groups is 1. The van der Waals surface area contributed by atoms with Crippen LogP contribution in [0.25, 0.3) is 0 Å². The van der Waals surface area contributed by atoms with E-state index >= 15 is 0 Å². The monoisotopic (exact) mass is 430 g/mol. The molecule has 0 aromatic heterocycles. The smallest absolute Gasteiger partial charge is 0.255 e. The largest absolute Gasteiger partial charge is 0.326 e. The number of carbonyl (C=O) groups is 2. The minimum atomic E-state index is -0.125. The van der Waals surface area contributed by atoms with Crippen LogP contribution in [-0.4, -0.2) is 29.0 Å². The van der Waals surface area contributed by atoms with Crippen molar-refractivity contribution in [2.45, 2.75) is 25.6 Å². The van der Waals surface area contributed by atoms with Gasteiger partial charge in [0, 0.05) is 17.8 Å². The Morgan fingerprint density at radius 1 is 0.968 bits per heavy atom. The van der Waals surface area contributed by atoms with Crippen molar-refractivity contribution in [1.29, 1.82) is 0 Å². The summed E-state index contributed by atoms with van der Waals surface area (Å²) in [5.74, 6) is 0.539. The quantitative estimate of drug-likeness (QED) is 0.572. The maximum atomic E-state index is 12.7. The van der Waals surface area contributed by atoms with Gasteiger partial charge in [0.05, 0.1) is 5.75 Å². The van der Waals surface area contributed by atoms with E-state index in [9.17, 15) is 9.59 Å². The highest BCUT2D eigenvalue weighted by molar-refractivity contribution is 8.00. The Morgan fingerprint density at radius 3 is 2.32 bits per heavy atom. The molecule has 0 bridgehead atoms. The van der Waals surface area contributed by atoms with E-state index in [0.29, 0.717) is 17.9 Å². The Hall–Kier alpha value is -3.05. The first kappa shape index (κ1) is 21.2. The van der Waals surface area contributed by atoms with Crippen LogP contribution in [-0.2, 0) is 11.2 Å². The number of nitrogens with zero attached hydrogens (tertiary/aromatic N) is 1. The van der Waals surface area contributed by atoms with Crippen LogP contribution in [0.3, 0.4) is 0 Å². The molecule has 1 heterocycles. The normalized spacial score (nSPS) is 15.9. The molecule has 0 aliphatic carbocycles. The van der Waals surface area contributed by atoms with E-state index in [2.05, 4.69) is 17.4 Å². The Bertz CT molecular complexity index is 1060. The molecule has 5 heteroatoms. The zero-order valence-corrected chi connectivity index (χ0v) is 18.6. The van der Waals surface area contributed by atoms with Crippen molar-refractivity contribution in [3.63, 3.8) is 0 Å². The van der Waals surface area contributed by atoms with Crippen LogP contribution >= 0.6 is 11.8 Å². The molecular weight excluding hydrogens is 404 g/mol. The number of amides is 2. The number of carbonyl (C=O) groups excluding carboxylic acids is 2. The number of rotatable bonds is 6. The van der Waals surface area contributed by atoms with E-state index in [1.165, 1.54) is 5.56 Å². The fourth-order valence-electron chi connectivity index (χ4n) is 3.86. The molecule has 0 spiro atoms. The number of aryl methyl sites for hydroxylation is 2. The maximum absolute atomic E-state index is 12.7. The first-order chi connectivity index (χ1) is 15.0. The molecule has 2 amide bonds. The molecule has 0 radical (unpaired) electrons. The fourth-order valence-corrected chi connectivity index (χ4v) is 5.08. The summed E-state index contributed by atoms with van der Waals surface area (Å²) in [6.07, 6.45) is 0.833. The Balaban J connectivity index is 1.45. The SMILES string of the molecule is Cc1cccc(C)c1NC(=O)c1ccc(C2SCC(=O)N2CCc2ccccc2)cc1. The summed E-state index contributed by atoms with van der Waals surface area (Å²) in [5, 5.41) is 3.02. The number of anilines is 1. The third-order valence-corrected chi connectivity index (χ3v) is 6.89. The van der Waals surface area contributed by atoms with Crippen LogP contribution in [0.15, 0.2) is 72.8 Å². The molecule has 31 heavy (non-hydrogen) atoms. The molecule has 1 aliphatic rings. The molecule has 1 saturated heterocycles. The van der Waals surface area contributed by atoms with E-state index in [1.54, 1.807) is 11.8 Å². The molecule has 1 N–H and O–H groups in total. The average Bonchev–Trinajstić information content (AvgIpc) is 3.16. The van der Waals surface area contributed by atoms with Gasteiger partial charge in [-0.05, 0) is 54.7 Å². The second-order valence-electron chi connectivity index (χ2n) is 7.83. The maximum Gasteiger partial charge on any atom is 0.255 e. The van der Waals surface area contributed by atoms with E-state index in [0.717, 1.165) is 28.8 Å². The second kappa shape index (κ2) is 9.40. The van der Waals surface area contributed by atoms with Gasteiger partial charge in [0.1, 0.15) is 5.37 Å². The minimum absolute atomic E-state index is 0.00747. The third-order valence-electron chi connectivity index (χ3n) is 5.63. The molecule has 4 rings (SSSR count). The Labute approximate surface area is 187 Å². The van der Waals surface area contributed by atoms with Gasteiger partial charge in [-0.2, -0.15) is 0 Å². The molecule has 3 aromatic rings. The summed E-state index contributed by atoms with van der Waals surface area (Å²) in [6.45, 7) is 4.67. The second-order valence-corrected chi connectivity index (χ2v) is 8.90. The van der Waals surface area contributed by atoms with Gasteiger partial charge >= 0.3 is 0 Å². The highest BCUT2D eigenvalue weighted by Gasteiger charge is 2.32. The molecular formula is C26H26N2O2S. The number of nitrogens with one attached hydrogen (secondary N) is 1.